The molecule has 2 fully saturated rings. The van der Waals surface area contributed by atoms with Gasteiger partial charge in [0.25, 0.3) is 10.2 Å². The lowest BCUT2D eigenvalue weighted by Gasteiger charge is -2.34. The molecule has 7 nitrogen and oxygen atoms in total. The zero-order valence-corrected chi connectivity index (χ0v) is 12.5. The van der Waals surface area contributed by atoms with Crippen LogP contribution in [0.25, 0.3) is 0 Å². The van der Waals surface area contributed by atoms with Gasteiger partial charge in [-0.1, -0.05) is 0 Å². The molecule has 1 atom stereocenters. The third-order valence-corrected chi connectivity index (χ3v) is 6.24. The molecule has 2 heterocycles. The number of hydrogen-bond donors (Lipinski definition) is 1. The van der Waals surface area contributed by atoms with Crippen molar-refractivity contribution in [1.29, 1.82) is 0 Å². The number of carbonyl (C=O) groups excluding carboxylic acids is 1. The smallest absolute Gasteiger partial charge is 0.308 e. The van der Waals surface area contributed by atoms with Gasteiger partial charge in [0.2, 0.25) is 0 Å². The van der Waals surface area contributed by atoms with Gasteiger partial charge in [-0.3, -0.25) is 4.79 Å². The van der Waals surface area contributed by atoms with Crippen molar-refractivity contribution >= 4 is 16.2 Å². The molecular formula is C12H22N2O5S. The van der Waals surface area contributed by atoms with Crippen LogP contribution in [0.4, 0.5) is 0 Å². The lowest BCUT2D eigenvalue weighted by Crippen LogP contribution is -2.50. The van der Waals surface area contributed by atoms with Gasteiger partial charge in [0.05, 0.1) is 19.6 Å². The second kappa shape index (κ2) is 6.38. The van der Waals surface area contributed by atoms with E-state index in [2.05, 4.69) is 0 Å². The Bertz CT molecular complexity index is 445. The van der Waals surface area contributed by atoms with Crippen LogP contribution in [0.3, 0.4) is 0 Å². The van der Waals surface area contributed by atoms with E-state index < -0.39 is 10.2 Å². The van der Waals surface area contributed by atoms with Crippen molar-refractivity contribution < 1.29 is 23.1 Å². The van der Waals surface area contributed by atoms with Gasteiger partial charge < -0.3 is 9.84 Å². The summed E-state index contributed by atoms with van der Waals surface area (Å²) in [5, 5.41) is 9.26. The van der Waals surface area contributed by atoms with E-state index in [1.165, 1.54) is 15.7 Å². The summed E-state index contributed by atoms with van der Waals surface area (Å²) in [6, 6.07) is -0.307. The van der Waals surface area contributed by atoms with Gasteiger partial charge in [0, 0.05) is 25.7 Å². The Hall–Kier alpha value is -0.700. The summed E-state index contributed by atoms with van der Waals surface area (Å²) in [4.78, 5) is 11.4. The Labute approximate surface area is 119 Å². The van der Waals surface area contributed by atoms with E-state index in [0.717, 1.165) is 6.42 Å². The van der Waals surface area contributed by atoms with E-state index in [1.54, 1.807) is 0 Å². The molecule has 0 aromatic heterocycles. The van der Waals surface area contributed by atoms with Crippen LogP contribution in [0, 0.1) is 5.92 Å². The molecule has 2 saturated heterocycles. The molecule has 0 spiro atoms. The minimum Gasteiger partial charge on any atom is -0.469 e. The SMILES string of the molecule is COC(=O)C1CCN(S(=O)(=O)N2CCCC2CO)CC1. The molecule has 0 amide bonds. The molecule has 20 heavy (non-hydrogen) atoms. The standard InChI is InChI=1S/C12H22N2O5S/c1-19-12(16)10-4-7-13(8-5-10)20(17,18)14-6-2-3-11(14)9-15/h10-11,15H,2-9H2,1H3. The van der Waals surface area contributed by atoms with Gasteiger partial charge in [0.1, 0.15) is 0 Å². The van der Waals surface area contributed by atoms with Crippen molar-refractivity contribution in [1.82, 2.24) is 8.61 Å². The molecule has 116 valence electrons. The second-order valence-corrected chi connectivity index (χ2v) is 7.17. The molecule has 2 rings (SSSR count). The summed E-state index contributed by atoms with van der Waals surface area (Å²) >= 11 is 0. The van der Waals surface area contributed by atoms with E-state index >= 15 is 0 Å². The highest BCUT2D eigenvalue weighted by molar-refractivity contribution is 7.86. The van der Waals surface area contributed by atoms with E-state index in [1.807, 2.05) is 0 Å². The van der Waals surface area contributed by atoms with Gasteiger partial charge in [0.15, 0.2) is 0 Å². The molecular weight excluding hydrogens is 284 g/mol. The predicted octanol–water partition coefficient (Wildman–Crippen LogP) is -0.427. The molecule has 0 aromatic rings. The maximum atomic E-state index is 12.5. The monoisotopic (exact) mass is 306 g/mol. The summed E-state index contributed by atoms with van der Waals surface area (Å²) in [7, 11) is -2.18. The fourth-order valence-electron chi connectivity index (χ4n) is 2.93. The Morgan fingerprint density at radius 2 is 1.90 bits per heavy atom. The first kappa shape index (κ1) is 15.7. The maximum Gasteiger partial charge on any atom is 0.308 e. The van der Waals surface area contributed by atoms with Crippen molar-refractivity contribution in [3.05, 3.63) is 0 Å². The van der Waals surface area contributed by atoms with Crippen LogP contribution in [0.1, 0.15) is 25.7 Å². The lowest BCUT2D eigenvalue weighted by molar-refractivity contribution is -0.146. The minimum absolute atomic E-state index is 0.141. The van der Waals surface area contributed by atoms with Crippen LogP contribution >= 0.6 is 0 Å². The van der Waals surface area contributed by atoms with Crippen LogP contribution in [0.15, 0.2) is 0 Å². The quantitative estimate of drug-likeness (QED) is 0.712. The summed E-state index contributed by atoms with van der Waals surface area (Å²) in [5.41, 5.74) is 0. The van der Waals surface area contributed by atoms with Gasteiger partial charge in [-0.25, -0.2) is 0 Å². The van der Waals surface area contributed by atoms with E-state index in [4.69, 9.17) is 4.74 Å². The predicted molar refractivity (Wildman–Crippen MR) is 72.0 cm³/mol. The first-order valence-electron chi connectivity index (χ1n) is 6.96. The molecule has 0 saturated carbocycles. The average molecular weight is 306 g/mol. The van der Waals surface area contributed by atoms with E-state index in [-0.39, 0.29) is 24.5 Å². The van der Waals surface area contributed by atoms with Gasteiger partial charge in [-0.2, -0.15) is 17.0 Å². The second-order valence-electron chi connectivity index (χ2n) is 5.29. The fourth-order valence-corrected chi connectivity index (χ4v) is 4.81. The first-order valence-corrected chi connectivity index (χ1v) is 8.36. The topological polar surface area (TPSA) is 87.2 Å². The molecule has 0 aliphatic carbocycles. The number of aliphatic hydroxyl groups is 1. The lowest BCUT2D eigenvalue weighted by atomic mass is 9.99. The Morgan fingerprint density at radius 3 is 2.45 bits per heavy atom. The third kappa shape index (κ3) is 2.98. The number of ether oxygens (including phenoxy) is 1. The highest BCUT2D eigenvalue weighted by Crippen LogP contribution is 2.27. The maximum absolute atomic E-state index is 12.5. The number of carbonyl (C=O) groups is 1. The van der Waals surface area contributed by atoms with Crippen molar-refractivity contribution in [3.63, 3.8) is 0 Å². The van der Waals surface area contributed by atoms with Gasteiger partial charge in [-0.05, 0) is 25.7 Å². The van der Waals surface area contributed by atoms with Crippen LogP contribution < -0.4 is 0 Å². The summed E-state index contributed by atoms with van der Waals surface area (Å²) in [5.74, 6) is -0.477. The molecule has 2 aliphatic heterocycles. The highest BCUT2D eigenvalue weighted by Gasteiger charge is 2.39. The summed E-state index contributed by atoms with van der Waals surface area (Å²) < 4.78 is 32.6. The van der Waals surface area contributed by atoms with Crippen LogP contribution in [0.2, 0.25) is 0 Å². The number of rotatable bonds is 4. The Morgan fingerprint density at radius 1 is 1.25 bits per heavy atom. The zero-order chi connectivity index (χ0) is 14.8. The normalized spacial score (nSPS) is 26.8. The number of hydrogen-bond acceptors (Lipinski definition) is 5. The first-order chi connectivity index (χ1) is 9.50. The largest absolute Gasteiger partial charge is 0.469 e. The average Bonchev–Trinajstić information content (AvgIpc) is 2.95. The summed E-state index contributed by atoms with van der Waals surface area (Å²) in [6.07, 6.45) is 2.46. The Kier molecular flexibility index (Phi) is 5.00. The number of methoxy groups -OCH3 is 1. The van der Waals surface area contributed by atoms with Crippen LogP contribution in [-0.4, -0.2) is 67.5 Å². The van der Waals surface area contributed by atoms with Crippen molar-refractivity contribution in [2.24, 2.45) is 5.92 Å². The number of aliphatic hydroxyl groups excluding tert-OH is 1. The van der Waals surface area contributed by atoms with Crippen LogP contribution in [-0.2, 0) is 19.7 Å². The number of piperidine rings is 1. The van der Waals surface area contributed by atoms with E-state index in [0.29, 0.717) is 38.9 Å². The molecule has 1 unspecified atom stereocenters. The van der Waals surface area contributed by atoms with Gasteiger partial charge in [-0.15, -0.1) is 0 Å². The fraction of sp³-hybridized carbons (Fsp3) is 0.917. The van der Waals surface area contributed by atoms with E-state index in [9.17, 15) is 18.3 Å². The third-order valence-electron chi connectivity index (χ3n) is 4.14. The molecule has 2 aliphatic rings. The van der Waals surface area contributed by atoms with Crippen molar-refractivity contribution in [2.75, 3.05) is 33.4 Å². The molecule has 0 bridgehead atoms. The number of esters is 1. The van der Waals surface area contributed by atoms with Crippen molar-refractivity contribution in [2.45, 2.75) is 31.7 Å². The molecule has 0 radical (unpaired) electrons. The molecule has 8 heteroatoms. The minimum atomic E-state index is -3.52. The van der Waals surface area contributed by atoms with Gasteiger partial charge >= 0.3 is 5.97 Å². The number of nitrogens with zero attached hydrogens (tertiary/aromatic N) is 2. The molecule has 0 aromatic carbocycles. The van der Waals surface area contributed by atoms with Crippen LogP contribution in [0.5, 0.6) is 0 Å². The van der Waals surface area contributed by atoms with Crippen molar-refractivity contribution in [3.8, 4) is 0 Å². The summed E-state index contributed by atoms with van der Waals surface area (Å²) in [6.45, 7) is 0.982. The zero-order valence-electron chi connectivity index (χ0n) is 11.7. The Balaban J connectivity index is 2.00. The highest BCUT2D eigenvalue weighted by atomic mass is 32.2. The molecule has 1 N–H and O–H groups in total.